The molecule has 3 aliphatic rings. The molecule has 2 aliphatic heterocycles. The predicted molar refractivity (Wildman–Crippen MR) is 159 cm³/mol. The summed E-state index contributed by atoms with van der Waals surface area (Å²) in [7, 11) is 0. The van der Waals surface area contributed by atoms with Crippen molar-refractivity contribution in [2.45, 2.75) is 58.4 Å². The first-order valence-electron chi connectivity index (χ1n) is 14.5. The van der Waals surface area contributed by atoms with Crippen LogP contribution in [-0.4, -0.2) is 31.4 Å². The molecule has 1 atom stereocenters. The van der Waals surface area contributed by atoms with Gasteiger partial charge in [0.05, 0.1) is 18.2 Å². The van der Waals surface area contributed by atoms with Crippen molar-refractivity contribution < 1.29 is 9.59 Å². The molecule has 1 aliphatic carbocycles. The molecule has 0 radical (unpaired) electrons. The Morgan fingerprint density at radius 3 is 2.49 bits per heavy atom. The van der Waals surface area contributed by atoms with Gasteiger partial charge in [-0.1, -0.05) is 68.5 Å². The van der Waals surface area contributed by atoms with Gasteiger partial charge >= 0.3 is 0 Å². The Hall–Kier alpha value is -3.86. The minimum Gasteiger partial charge on any atom is -0.371 e. The van der Waals surface area contributed by atoms with E-state index in [9.17, 15) is 9.59 Å². The lowest BCUT2D eigenvalue weighted by Gasteiger charge is -2.34. The number of hydrogen-bond donors (Lipinski definition) is 1. The Kier molecular flexibility index (Phi) is 6.99. The first-order valence-corrected chi connectivity index (χ1v) is 14.5. The number of hydrogen-bond acceptors (Lipinski definition) is 3. The summed E-state index contributed by atoms with van der Waals surface area (Å²) in [5, 5.41) is 3.20. The summed E-state index contributed by atoms with van der Waals surface area (Å²) < 4.78 is 0. The molecule has 2 amide bonds. The number of carbonyl (C=O) groups excluding carboxylic acids is 2. The van der Waals surface area contributed by atoms with E-state index in [2.05, 4.69) is 54.4 Å². The number of piperidine rings is 1. The minimum atomic E-state index is -0.409. The van der Waals surface area contributed by atoms with Crippen LogP contribution in [0, 0.1) is 0 Å². The van der Waals surface area contributed by atoms with Crippen LogP contribution in [0.5, 0.6) is 0 Å². The number of amides is 2. The zero-order valence-corrected chi connectivity index (χ0v) is 23.0. The summed E-state index contributed by atoms with van der Waals surface area (Å²) >= 11 is 0. The van der Waals surface area contributed by atoms with Crippen LogP contribution in [0.2, 0.25) is 0 Å². The lowest BCUT2D eigenvalue weighted by Crippen LogP contribution is -2.34. The van der Waals surface area contributed by atoms with E-state index in [0.29, 0.717) is 13.1 Å². The van der Waals surface area contributed by atoms with Gasteiger partial charge in [-0.2, -0.15) is 0 Å². The predicted octanol–water partition coefficient (Wildman–Crippen LogP) is 6.90. The van der Waals surface area contributed by atoms with E-state index in [1.54, 1.807) is 0 Å². The molecular formula is C34H37N3O2. The molecule has 3 aromatic carbocycles. The summed E-state index contributed by atoms with van der Waals surface area (Å²) in [5.41, 5.74) is 9.16. The number of carbonyl (C=O) groups is 2. The van der Waals surface area contributed by atoms with E-state index in [1.807, 2.05) is 41.3 Å². The van der Waals surface area contributed by atoms with Crippen molar-refractivity contribution in [3.8, 4) is 11.1 Å². The number of nitrogens with zero attached hydrogens (tertiary/aromatic N) is 2. The van der Waals surface area contributed by atoms with Gasteiger partial charge in [0.2, 0.25) is 5.91 Å². The maximum atomic E-state index is 13.9. The summed E-state index contributed by atoms with van der Waals surface area (Å²) in [5.74, 6) is -0.339. The van der Waals surface area contributed by atoms with Gasteiger partial charge in [0, 0.05) is 42.0 Å². The third-order valence-corrected chi connectivity index (χ3v) is 8.31. The molecule has 200 valence electrons. The van der Waals surface area contributed by atoms with Crippen molar-refractivity contribution in [2.75, 3.05) is 29.4 Å². The SMILES string of the molecule is CCC=Cc1cc(N2Cc3ccccc3C2=O)c2c(c1N1CCCCC1)C(C(=O)NCCC)c1ccccc1-2. The van der Waals surface area contributed by atoms with Gasteiger partial charge < -0.3 is 15.1 Å². The molecular weight excluding hydrogens is 482 g/mol. The number of allylic oxidation sites excluding steroid dienone is 1. The van der Waals surface area contributed by atoms with Crippen LogP contribution >= 0.6 is 0 Å². The largest absolute Gasteiger partial charge is 0.371 e. The molecule has 1 unspecified atom stereocenters. The van der Waals surface area contributed by atoms with Crippen LogP contribution < -0.4 is 15.1 Å². The molecule has 1 fully saturated rings. The molecule has 0 bridgehead atoms. The van der Waals surface area contributed by atoms with Gasteiger partial charge in [-0.25, -0.2) is 0 Å². The molecule has 39 heavy (non-hydrogen) atoms. The van der Waals surface area contributed by atoms with Gasteiger partial charge in [-0.3, -0.25) is 9.59 Å². The van der Waals surface area contributed by atoms with E-state index in [1.165, 1.54) is 6.42 Å². The second-order valence-corrected chi connectivity index (χ2v) is 10.8. The Balaban J connectivity index is 1.63. The van der Waals surface area contributed by atoms with Crippen LogP contribution in [0.3, 0.4) is 0 Å². The average Bonchev–Trinajstić information content (AvgIpc) is 3.50. The fourth-order valence-corrected chi connectivity index (χ4v) is 6.52. The maximum absolute atomic E-state index is 13.9. The van der Waals surface area contributed by atoms with Gasteiger partial charge in [0.1, 0.15) is 0 Å². The first-order chi connectivity index (χ1) is 19.1. The highest BCUT2D eigenvalue weighted by Gasteiger charge is 2.42. The van der Waals surface area contributed by atoms with E-state index >= 15 is 0 Å². The fourth-order valence-electron chi connectivity index (χ4n) is 6.52. The molecule has 6 rings (SSSR count). The van der Waals surface area contributed by atoms with Crippen molar-refractivity contribution in [1.29, 1.82) is 0 Å². The van der Waals surface area contributed by atoms with Crippen molar-refractivity contribution in [3.05, 3.63) is 88.5 Å². The van der Waals surface area contributed by atoms with Crippen molar-refractivity contribution in [3.63, 3.8) is 0 Å². The van der Waals surface area contributed by atoms with Crippen LogP contribution in [-0.2, 0) is 11.3 Å². The monoisotopic (exact) mass is 519 g/mol. The molecule has 1 saturated heterocycles. The Bertz CT molecular complexity index is 1450. The molecule has 2 heterocycles. The lowest BCUT2D eigenvalue weighted by atomic mass is 9.89. The quantitative estimate of drug-likeness (QED) is 0.369. The second-order valence-electron chi connectivity index (χ2n) is 10.8. The Labute approximate surface area is 231 Å². The molecule has 1 N–H and O–H groups in total. The first kappa shape index (κ1) is 25.4. The fraction of sp³-hybridized carbons (Fsp3) is 0.353. The third kappa shape index (κ3) is 4.34. The highest BCUT2D eigenvalue weighted by atomic mass is 16.2. The zero-order chi connectivity index (χ0) is 26.9. The van der Waals surface area contributed by atoms with Crippen molar-refractivity contribution in [1.82, 2.24) is 5.32 Å². The summed E-state index contributed by atoms with van der Waals surface area (Å²) in [6, 6.07) is 18.4. The molecule has 5 nitrogen and oxygen atoms in total. The van der Waals surface area contributed by atoms with Crippen molar-refractivity contribution in [2.24, 2.45) is 0 Å². The van der Waals surface area contributed by atoms with E-state index in [4.69, 9.17) is 0 Å². The minimum absolute atomic E-state index is 0.0281. The highest BCUT2D eigenvalue weighted by Crippen LogP contribution is 2.55. The summed E-state index contributed by atoms with van der Waals surface area (Å²) in [4.78, 5) is 32.2. The van der Waals surface area contributed by atoms with E-state index in [0.717, 1.165) is 89.1 Å². The van der Waals surface area contributed by atoms with Crippen LogP contribution in [0.1, 0.15) is 84.5 Å². The lowest BCUT2D eigenvalue weighted by molar-refractivity contribution is -0.121. The maximum Gasteiger partial charge on any atom is 0.258 e. The number of rotatable bonds is 7. The standard InChI is InChI=1S/C34H37N3O2/c1-3-5-13-23-21-28(37-22-24-14-7-8-15-25(24)34(37)39)29-26-16-9-10-17-27(26)30(33(38)35-18-4-2)31(29)32(23)36-19-11-6-12-20-36/h5,7-10,13-17,21,30H,3-4,6,11-12,18-20,22H2,1-2H3,(H,35,38). The second kappa shape index (κ2) is 10.7. The number of anilines is 2. The third-order valence-electron chi connectivity index (χ3n) is 8.31. The molecule has 3 aromatic rings. The molecule has 0 aromatic heterocycles. The zero-order valence-electron chi connectivity index (χ0n) is 23.0. The Morgan fingerprint density at radius 2 is 1.74 bits per heavy atom. The van der Waals surface area contributed by atoms with Gasteiger partial charge in [-0.05, 0) is 66.5 Å². The highest BCUT2D eigenvalue weighted by molar-refractivity contribution is 6.14. The normalized spacial score (nSPS) is 17.9. The van der Waals surface area contributed by atoms with Crippen LogP contribution in [0.15, 0.2) is 60.7 Å². The van der Waals surface area contributed by atoms with Crippen LogP contribution in [0.25, 0.3) is 17.2 Å². The topological polar surface area (TPSA) is 52.7 Å². The number of benzene rings is 3. The number of nitrogens with one attached hydrogen (secondary N) is 1. The van der Waals surface area contributed by atoms with Gasteiger partial charge in [0.15, 0.2) is 0 Å². The molecule has 0 saturated carbocycles. The summed E-state index contributed by atoms with van der Waals surface area (Å²) in [6.45, 7) is 7.37. The van der Waals surface area contributed by atoms with E-state index in [-0.39, 0.29) is 11.8 Å². The van der Waals surface area contributed by atoms with Gasteiger partial charge in [0.25, 0.3) is 5.91 Å². The van der Waals surface area contributed by atoms with Crippen LogP contribution in [0.4, 0.5) is 11.4 Å². The molecule has 5 heteroatoms. The average molecular weight is 520 g/mol. The van der Waals surface area contributed by atoms with Crippen molar-refractivity contribution >= 4 is 29.3 Å². The smallest absolute Gasteiger partial charge is 0.258 e. The molecule has 0 spiro atoms. The van der Waals surface area contributed by atoms with E-state index < -0.39 is 5.92 Å². The number of fused-ring (bicyclic) bond motifs is 4. The Morgan fingerprint density at radius 1 is 1.00 bits per heavy atom. The van der Waals surface area contributed by atoms with Gasteiger partial charge in [-0.15, -0.1) is 0 Å². The summed E-state index contributed by atoms with van der Waals surface area (Å²) in [6.07, 6.45) is 9.72.